The molecule has 7 heteroatoms. The van der Waals surface area contributed by atoms with Crippen LogP contribution in [0.2, 0.25) is 0 Å². The van der Waals surface area contributed by atoms with Crippen LogP contribution in [0.25, 0.3) is 0 Å². The van der Waals surface area contributed by atoms with Crippen molar-refractivity contribution >= 4 is 5.91 Å². The monoisotopic (exact) mass is 268 g/mol. The van der Waals surface area contributed by atoms with Gasteiger partial charge in [0, 0.05) is 12.1 Å². The van der Waals surface area contributed by atoms with Crippen LogP contribution in [0.5, 0.6) is 0 Å². The molecule has 2 N–H and O–H groups in total. The van der Waals surface area contributed by atoms with Crippen LogP contribution >= 0.6 is 0 Å². The third-order valence-electron chi connectivity index (χ3n) is 3.00. The van der Waals surface area contributed by atoms with Crippen LogP contribution in [0.15, 0.2) is 0 Å². The van der Waals surface area contributed by atoms with Crippen LogP contribution in [-0.4, -0.2) is 44.4 Å². The Morgan fingerprint density at radius 1 is 1.22 bits per heavy atom. The molecule has 0 aromatic carbocycles. The number of halogens is 3. The van der Waals surface area contributed by atoms with Crippen molar-refractivity contribution in [1.29, 1.82) is 0 Å². The summed E-state index contributed by atoms with van der Waals surface area (Å²) in [6, 6.07) is 0.524. The van der Waals surface area contributed by atoms with Gasteiger partial charge in [0.25, 0.3) is 0 Å². The third-order valence-corrected chi connectivity index (χ3v) is 3.00. The number of alkyl halides is 3. The highest BCUT2D eigenvalue weighted by Crippen LogP contribution is 2.18. The summed E-state index contributed by atoms with van der Waals surface area (Å²) in [5, 5.41) is 5.86. The molecule has 0 radical (unpaired) electrons. The van der Waals surface area contributed by atoms with Gasteiger partial charge < -0.3 is 15.4 Å². The van der Waals surface area contributed by atoms with E-state index in [9.17, 15) is 18.0 Å². The van der Waals surface area contributed by atoms with Gasteiger partial charge in [-0.05, 0) is 32.7 Å². The van der Waals surface area contributed by atoms with Gasteiger partial charge in [0.2, 0.25) is 5.91 Å². The van der Waals surface area contributed by atoms with Crippen molar-refractivity contribution in [2.45, 2.75) is 43.9 Å². The van der Waals surface area contributed by atoms with E-state index in [-0.39, 0.29) is 6.04 Å². The Kier molecular flexibility index (Phi) is 5.87. The first-order valence-electron chi connectivity index (χ1n) is 6.02. The van der Waals surface area contributed by atoms with Gasteiger partial charge in [-0.2, -0.15) is 13.2 Å². The van der Waals surface area contributed by atoms with Crippen LogP contribution in [-0.2, 0) is 9.53 Å². The molecule has 0 aromatic heterocycles. The van der Waals surface area contributed by atoms with E-state index in [0.29, 0.717) is 6.04 Å². The number of nitrogens with one attached hydrogen (secondary N) is 2. The number of ether oxygens (including phenoxy) is 1. The zero-order valence-electron chi connectivity index (χ0n) is 10.3. The summed E-state index contributed by atoms with van der Waals surface area (Å²) in [6.07, 6.45) is -0.770. The first-order chi connectivity index (χ1) is 8.40. The van der Waals surface area contributed by atoms with Crippen LogP contribution in [0.4, 0.5) is 13.2 Å². The second-order valence-corrected chi connectivity index (χ2v) is 4.51. The molecule has 106 valence electrons. The SMILES string of the molecule is CNC1CCC(NC(=O)COCC(F)(F)F)CC1. The Hall–Kier alpha value is -0.820. The summed E-state index contributed by atoms with van der Waals surface area (Å²) < 4.78 is 39.6. The van der Waals surface area contributed by atoms with Gasteiger partial charge in [0.1, 0.15) is 13.2 Å². The molecule has 0 spiro atoms. The lowest BCUT2D eigenvalue weighted by atomic mass is 9.91. The molecule has 1 aliphatic carbocycles. The van der Waals surface area contributed by atoms with Crippen molar-refractivity contribution in [2.75, 3.05) is 20.3 Å². The van der Waals surface area contributed by atoms with Crippen molar-refractivity contribution in [3.8, 4) is 0 Å². The molecule has 0 atom stereocenters. The second kappa shape index (κ2) is 6.94. The highest BCUT2D eigenvalue weighted by molar-refractivity contribution is 5.77. The summed E-state index contributed by atoms with van der Waals surface area (Å²) in [5.41, 5.74) is 0. The summed E-state index contributed by atoms with van der Waals surface area (Å²) in [4.78, 5) is 11.3. The fraction of sp³-hybridized carbons (Fsp3) is 0.909. The average Bonchev–Trinajstić information content (AvgIpc) is 2.28. The molecule has 1 rings (SSSR count). The highest BCUT2D eigenvalue weighted by Gasteiger charge is 2.28. The molecule has 0 heterocycles. The minimum Gasteiger partial charge on any atom is -0.362 e. The molecule has 1 fully saturated rings. The van der Waals surface area contributed by atoms with E-state index >= 15 is 0 Å². The minimum absolute atomic E-state index is 0.0524. The van der Waals surface area contributed by atoms with Crippen molar-refractivity contribution in [2.24, 2.45) is 0 Å². The Morgan fingerprint density at radius 2 is 1.78 bits per heavy atom. The normalized spacial score (nSPS) is 24.9. The highest BCUT2D eigenvalue weighted by atomic mass is 19.4. The Bertz CT molecular complexity index is 264. The van der Waals surface area contributed by atoms with Gasteiger partial charge in [-0.1, -0.05) is 0 Å². The van der Waals surface area contributed by atoms with Crippen LogP contribution < -0.4 is 10.6 Å². The molecular formula is C11H19F3N2O2. The lowest BCUT2D eigenvalue weighted by Gasteiger charge is -2.28. The second-order valence-electron chi connectivity index (χ2n) is 4.51. The van der Waals surface area contributed by atoms with Gasteiger partial charge in [-0.15, -0.1) is 0 Å². The summed E-state index contributed by atoms with van der Waals surface area (Å²) in [6.45, 7) is -1.92. The van der Waals surface area contributed by atoms with Crippen molar-refractivity contribution < 1.29 is 22.7 Å². The number of carbonyl (C=O) groups excluding carboxylic acids is 1. The molecular weight excluding hydrogens is 249 g/mol. The standard InChI is InChI=1S/C11H19F3N2O2/c1-15-8-2-4-9(5-3-8)16-10(17)6-18-7-11(12,13)14/h8-9,15H,2-7H2,1H3,(H,16,17). The Morgan fingerprint density at radius 3 is 2.28 bits per heavy atom. The van der Waals surface area contributed by atoms with Crippen molar-refractivity contribution in [1.82, 2.24) is 10.6 Å². The lowest BCUT2D eigenvalue weighted by Crippen LogP contribution is -2.42. The van der Waals surface area contributed by atoms with E-state index in [1.807, 2.05) is 7.05 Å². The number of hydrogen-bond acceptors (Lipinski definition) is 3. The third kappa shape index (κ3) is 6.20. The zero-order valence-corrected chi connectivity index (χ0v) is 10.3. The van der Waals surface area contributed by atoms with Crippen molar-refractivity contribution in [3.63, 3.8) is 0 Å². The molecule has 0 aromatic rings. The first kappa shape index (κ1) is 15.2. The van der Waals surface area contributed by atoms with E-state index < -0.39 is 25.3 Å². The summed E-state index contributed by atoms with van der Waals surface area (Å²) in [7, 11) is 1.90. The first-order valence-corrected chi connectivity index (χ1v) is 6.02. The topological polar surface area (TPSA) is 50.4 Å². The molecule has 1 amide bonds. The number of carbonyl (C=O) groups is 1. The lowest BCUT2D eigenvalue weighted by molar-refractivity contribution is -0.175. The molecule has 0 unspecified atom stereocenters. The number of rotatable bonds is 5. The number of hydrogen-bond donors (Lipinski definition) is 2. The largest absolute Gasteiger partial charge is 0.411 e. The van der Waals surface area contributed by atoms with Gasteiger partial charge in [-0.3, -0.25) is 4.79 Å². The van der Waals surface area contributed by atoms with Gasteiger partial charge in [0.15, 0.2) is 0 Å². The van der Waals surface area contributed by atoms with Crippen LogP contribution in [0.1, 0.15) is 25.7 Å². The molecule has 0 bridgehead atoms. The maximum Gasteiger partial charge on any atom is 0.411 e. The van der Waals surface area contributed by atoms with E-state index in [2.05, 4.69) is 15.4 Å². The number of amides is 1. The molecule has 1 saturated carbocycles. The van der Waals surface area contributed by atoms with Gasteiger partial charge in [-0.25, -0.2) is 0 Å². The van der Waals surface area contributed by atoms with Gasteiger partial charge >= 0.3 is 6.18 Å². The average molecular weight is 268 g/mol. The van der Waals surface area contributed by atoms with E-state index in [1.54, 1.807) is 0 Å². The summed E-state index contributed by atoms with van der Waals surface area (Å²) >= 11 is 0. The Labute approximate surface area is 104 Å². The maximum atomic E-state index is 11.8. The quantitative estimate of drug-likeness (QED) is 0.788. The van der Waals surface area contributed by atoms with Crippen LogP contribution in [0, 0.1) is 0 Å². The van der Waals surface area contributed by atoms with E-state index in [0.717, 1.165) is 25.7 Å². The fourth-order valence-corrected chi connectivity index (χ4v) is 2.06. The summed E-state index contributed by atoms with van der Waals surface area (Å²) in [5.74, 6) is -0.479. The van der Waals surface area contributed by atoms with Crippen molar-refractivity contribution in [3.05, 3.63) is 0 Å². The minimum atomic E-state index is -4.38. The maximum absolute atomic E-state index is 11.8. The smallest absolute Gasteiger partial charge is 0.362 e. The zero-order chi connectivity index (χ0) is 13.6. The molecule has 0 saturated heterocycles. The molecule has 18 heavy (non-hydrogen) atoms. The fourth-order valence-electron chi connectivity index (χ4n) is 2.06. The predicted octanol–water partition coefficient (Wildman–Crippen LogP) is 1.21. The molecule has 4 nitrogen and oxygen atoms in total. The van der Waals surface area contributed by atoms with E-state index in [1.165, 1.54) is 0 Å². The van der Waals surface area contributed by atoms with E-state index in [4.69, 9.17) is 0 Å². The predicted molar refractivity (Wildman–Crippen MR) is 60.1 cm³/mol. The molecule has 1 aliphatic rings. The molecule has 0 aliphatic heterocycles. The Balaban J connectivity index is 2.13. The van der Waals surface area contributed by atoms with Crippen LogP contribution in [0.3, 0.4) is 0 Å². The van der Waals surface area contributed by atoms with Gasteiger partial charge in [0.05, 0.1) is 0 Å².